The topological polar surface area (TPSA) is 92.3 Å². The molecule has 2 heterocycles. The first-order valence-corrected chi connectivity index (χ1v) is 13.0. The summed E-state index contributed by atoms with van der Waals surface area (Å²) in [5.74, 6) is -0.166. The van der Waals surface area contributed by atoms with Crippen molar-refractivity contribution in [1.29, 1.82) is 0 Å². The second kappa shape index (κ2) is 8.92. The van der Waals surface area contributed by atoms with Crippen molar-refractivity contribution >= 4 is 44.4 Å². The molecule has 0 bridgehead atoms. The molecule has 1 aliphatic heterocycles. The number of fused-ring (bicyclic) bond motifs is 1. The minimum atomic E-state index is -4.01. The molecule has 0 radical (unpaired) electrons. The third-order valence-electron chi connectivity index (χ3n) is 5.78. The molecule has 1 aromatic heterocycles. The summed E-state index contributed by atoms with van der Waals surface area (Å²) in [6, 6.07) is 19.8. The van der Waals surface area contributed by atoms with Crippen molar-refractivity contribution in [3.8, 4) is 11.1 Å². The lowest BCUT2D eigenvalue weighted by molar-refractivity contribution is 0.0725. The maximum atomic E-state index is 13.4. The number of rotatable bonds is 5. The van der Waals surface area contributed by atoms with E-state index >= 15 is 0 Å². The highest BCUT2D eigenvalue weighted by molar-refractivity contribution is 7.93. The first-order valence-electron chi connectivity index (χ1n) is 10.8. The molecular formula is C24H22N4O3S2. The average Bonchev–Trinajstić information content (AvgIpc) is 3.33. The largest absolute Gasteiger partial charge is 0.339 e. The van der Waals surface area contributed by atoms with Crippen LogP contribution in [-0.4, -0.2) is 41.1 Å². The Labute approximate surface area is 196 Å². The van der Waals surface area contributed by atoms with Crippen LogP contribution in [0.5, 0.6) is 0 Å². The second-order valence-electron chi connectivity index (χ2n) is 7.97. The average molecular weight is 479 g/mol. The van der Waals surface area contributed by atoms with Gasteiger partial charge in [0.15, 0.2) is 0 Å². The monoisotopic (exact) mass is 478 g/mol. The van der Waals surface area contributed by atoms with Gasteiger partial charge in [-0.25, -0.2) is 8.42 Å². The number of likely N-dealkylation sites (tertiary alicyclic amines) is 1. The Morgan fingerprint density at radius 3 is 2.45 bits per heavy atom. The van der Waals surface area contributed by atoms with E-state index in [1.54, 1.807) is 29.2 Å². The standard InChI is InChI=1S/C24H22N4O3S2/c29-24(28-14-5-2-6-15-28)19-13-12-18(17-8-3-1-4-9-17)16-21(19)27-33(30,31)22-11-7-10-20-23(22)26-32-25-20/h1,3-4,7-13,16,27H,2,5-6,14-15H2. The van der Waals surface area contributed by atoms with Crippen LogP contribution in [0.2, 0.25) is 0 Å². The molecule has 4 aromatic rings. The number of piperidine rings is 1. The van der Waals surface area contributed by atoms with Gasteiger partial charge in [0.05, 0.1) is 23.0 Å². The van der Waals surface area contributed by atoms with Gasteiger partial charge in [0, 0.05) is 13.1 Å². The van der Waals surface area contributed by atoms with Gasteiger partial charge in [0.1, 0.15) is 15.9 Å². The smallest absolute Gasteiger partial charge is 0.264 e. The van der Waals surface area contributed by atoms with Crippen molar-refractivity contribution in [1.82, 2.24) is 13.6 Å². The summed E-state index contributed by atoms with van der Waals surface area (Å²) in [6.07, 6.45) is 3.00. The van der Waals surface area contributed by atoms with E-state index in [9.17, 15) is 13.2 Å². The van der Waals surface area contributed by atoms with Crippen LogP contribution in [0.1, 0.15) is 29.6 Å². The number of nitrogens with one attached hydrogen (secondary N) is 1. The minimum Gasteiger partial charge on any atom is -0.339 e. The number of hydrogen-bond donors (Lipinski definition) is 1. The fourth-order valence-corrected chi connectivity index (χ4v) is 5.93. The third kappa shape index (κ3) is 4.34. The van der Waals surface area contributed by atoms with Gasteiger partial charge in [-0.05, 0) is 54.7 Å². The number of hydrogen-bond acceptors (Lipinski definition) is 6. The summed E-state index contributed by atoms with van der Waals surface area (Å²) in [5.41, 5.74) is 3.18. The molecule has 0 aliphatic carbocycles. The van der Waals surface area contributed by atoms with Crippen LogP contribution in [0.4, 0.5) is 5.69 Å². The van der Waals surface area contributed by atoms with E-state index in [0.29, 0.717) is 29.7 Å². The molecule has 1 fully saturated rings. The second-order valence-corrected chi connectivity index (χ2v) is 10.2. The normalized spacial score (nSPS) is 14.4. The number of carbonyl (C=O) groups excluding carboxylic acids is 1. The Balaban J connectivity index is 1.58. The van der Waals surface area contributed by atoms with E-state index < -0.39 is 10.0 Å². The Hall–Kier alpha value is -3.30. The molecule has 5 rings (SSSR count). The zero-order chi connectivity index (χ0) is 22.8. The summed E-state index contributed by atoms with van der Waals surface area (Å²) in [4.78, 5) is 15.2. The van der Waals surface area contributed by atoms with Crippen LogP contribution in [0.15, 0.2) is 71.6 Å². The predicted octanol–water partition coefficient (Wildman–Crippen LogP) is 4.79. The molecule has 0 saturated carbocycles. The van der Waals surface area contributed by atoms with E-state index in [-0.39, 0.29) is 16.5 Å². The van der Waals surface area contributed by atoms with Gasteiger partial charge in [-0.2, -0.15) is 8.75 Å². The summed E-state index contributed by atoms with van der Waals surface area (Å²) < 4.78 is 37.8. The molecule has 33 heavy (non-hydrogen) atoms. The lowest BCUT2D eigenvalue weighted by Gasteiger charge is -2.27. The van der Waals surface area contributed by atoms with Crippen LogP contribution in [0.3, 0.4) is 0 Å². The SMILES string of the molecule is O=C(c1ccc(-c2ccccc2)cc1NS(=O)(=O)c1cccc2nsnc12)N1CCCCC1. The molecule has 1 amide bonds. The fourth-order valence-electron chi connectivity index (χ4n) is 4.09. The summed E-state index contributed by atoms with van der Waals surface area (Å²) >= 11 is 0.963. The minimum absolute atomic E-state index is 0.0373. The predicted molar refractivity (Wildman–Crippen MR) is 130 cm³/mol. The van der Waals surface area contributed by atoms with Crippen molar-refractivity contribution in [2.75, 3.05) is 17.8 Å². The Bertz CT molecular complexity index is 1410. The molecule has 9 heteroatoms. The van der Waals surface area contributed by atoms with Crippen LogP contribution in [-0.2, 0) is 10.0 Å². The molecule has 1 aliphatic rings. The van der Waals surface area contributed by atoms with Crippen molar-refractivity contribution in [2.24, 2.45) is 0 Å². The van der Waals surface area contributed by atoms with Gasteiger partial charge in [0.2, 0.25) is 0 Å². The number of carbonyl (C=O) groups is 1. The van der Waals surface area contributed by atoms with Crippen molar-refractivity contribution in [3.63, 3.8) is 0 Å². The van der Waals surface area contributed by atoms with Gasteiger partial charge >= 0.3 is 0 Å². The van der Waals surface area contributed by atoms with Gasteiger partial charge in [-0.1, -0.05) is 42.5 Å². The highest BCUT2D eigenvalue weighted by Crippen LogP contribution is 2.30. The number of aromatic nitrogens is 2. The van der Waals surface area contributed by atoms with E-state index in [0.717, 1.165) is 42.1 Å². The van der Waals surface area contributed by atoms with E-state index in [2.05, 4.69) is 13.5 Å². The number of anilines is 1. The molecule has 3 aromatic carbocycles. The molecule has 168 valence electrons. The van der Waals surface area contributed by atoms with Crippen LogP contribution < -0.4 is 4.72 Å². The fraction of sp³-hybridized carbons (Fsp3) is 0.208. The number of benzene rings is 3. The highest BCUT2D eigenvalue weighted by atomic mass is 32.2. The number of amides is 1. The Kier molecular flexibility index (Phi) is 5.82. The molecule has 1 N–H and O–H groups in total. The molecule has 0 atom stereocenters. The van der Waals surface area contributed by atoms with E-state index in [1.165, 1.54) is 6.07 Å². The Morgan fingerprint density at radius 2 is 1.67 bits per heavy atom. The first-order chi connectivity index (χ1) is 16.0. The van der Waals surface area contributed by atoms with Gasteiger partial charge in [-0.3, -0.25) is 9.52 Å². The molecular weight excluding hydrogens is 456 g/mol. The van der Waals surface area contributed by atoms with E-state index in [1.807, 2.05) is 36.4 Å². The summed E-state index contributed by atoms with van der Waals surface area (Å²) in [5, 5.41) is 0. The van der Waals surface area contributed by atoms with Crippen LogP contribution >= 0.6 is 11.7 Å². The van der Waals surface area contributed by atoms with Crippen LogP contribution in [0.25, 0.3) is 22.2 Å². The van der Waals surface area contributed by atoms with Crippen LogP contribution in [0, 0.1) is 0 Å². The third-order valence-corrected chi connectivity index (χ3v) is 7.72. The lowest BCUT2D eigenvalue weighted by Crippen LogP contribution is -2.36. The zero-order valence-electron chi connectivity index (χ0n) is 17.8. The molecule has 1 saturated heterocycles. The summed E-state index contributed by atoms with van der Waals surface area (Å²) in [6.45, 7) is 1.35. The zero-order valence-corrected chi connectivity index (χ0v) is 19.4. The van der Waals surface area contributed by atoms with Gasteiger partial charge in [-0.15, -0.1) is 0 Å². The quantitative estimate of drug-likeness (QED) is 0.445. The molecule has 0 spiro atoms. The lowest BCUT2D eigenvalue weighted by atomic mass is 10.0. The van der Waals surface area contributed by atoms with Crippen molar-refractivity contribution in [3.05, 3.63) is 72.3 Å². The summed E-state index contributed by atoms with van der Waals surface area (Å²) in [7, 11) is -4.01. The number of nitrogens with zero attached hydrogens (tertiary/aromatic N) is 3. The maximum Gasteiger partial charge on any atom is 0.264 e. The van der Waals surface area contributed by atoms with Crippen molar-refractivity contribution in [2.45, 2.75) is 24.2 Å². The molecule has 7 nitrogen and oxygen atoms in total. The first kappa shape index (κ1) is 21.5. The van der Waals surface area contributed by atoms with Gasteiger partial charge in [0.25, 0.3) is 15.9 Å². The molecule has 0 unspecified atom stereocenters. The maximum absolute atomic E-state index is 13.4. The van der Waals surface area contributed by atoms with Gasteiger partial charge < -0.3 is 4.90 Å². The Morgan fingerprint density at radius 1 is 0.879 bits per heavy atom. The van der Waals surface area contributed by atoms with E-state index in [4.69, 9.17) is 0 Å². The number of sulfonamides is 1. The highest BCUT2D eigenvalue weighted by Gasteiger charge is 2.25. The van der Waals surface area contributed by atoms with Crippen molar-refractivity contribution < 1.29 is 13.2 Å².